The van der Waals surface area contributed by atoms with Crippen molar-refractivity contribution >= 4 is 5.97 Å². The first-order chi connectivity index (χ1) is 9.67. The van der Waals surface area contributed by atoms with Crippen molar-refractivity contribution in [2.75, 3.05) is 7.11 Å². The maximum Gasteiger partial charge on any atom is 0.373 e. The largest absolute Gasteiger partial charge is 0.463 e. The summed E-state index contributed by atoms with van der Waals surface area (Å²) >= 11 is 0. The van der Waals surface area contributed by atoms with E-state index in [1.165, 1.54) is 7.11 Å². The maximum absolute atomic E-state index is 11.3. The van der Waals surface area contributed by atoms with Gasteiger partial charge >= 0.3 is 5.97 Å². The van der Waals surface area contributed by atoms with Gasteiger partial charge in [0, 0.05) is 0 Å². The Morgan fingerprint density at radius 3 is 3.10 bits per heavy atom. The minimum atomic E-state index is -0.536. The second-order valence-corrected chi connectivity index (χ2v) is 4.88. The van der Waals surface area contributed by atoms with Crippen LogP contribution in [-0.2, 0) is 11.3 Å². The van der Waals surface area contributed by atoms with Crippen molar-refractivity contribution in [1.29, 1.82) is 0 Å². The smallest absolute Gasteiger partial charge is 0.373 e. The van der Waals surface area contributed by atoms with E-state index in [1.807, 2.05) is 0 Å². The molecule has 106 valence electrons. The summed E-state index contributed by atoms with van der Waals surface area (Å²) in [4.78, 5) is 11.3. The molecule has 1 N–H and O–H groups in total. The monoisotopic (exact) mass is 277 g/mol. The number of methoxy groups -OCH3 is 1. The Labute approximate surface area is 115 Å². The number of nitrogens with zero attached hydrogens (tertiary/aromatic N) is 3. The fourth-order valence-electron chi connectivity index (χ4n) is 2.01. The minimum Gasteiger partial charge on any atom is -0.463 e. The third kappa shape index (κ3) is 2.57. The fourth-order valence-corrected chi connectivity index (χ4v) is 2.01. The van der Waals surface area contributed by atoms with Crippen LogP contribution in [-0.4, -0.2) is 33.2 Å². The number of esters is 1. The molecule has 0 amide bonds. The maximum atomic E-state index is 11.3. The van der Waals surface area contributed by atoms with Gasteiger partial charge in [-0.1, -0.05) is 5.21 Å². The highest BCUT2D eigenvalue weighted by Crippen LogP contribution is 2.40. The molecule has 2 aromatic heterocycles. The first kappa shape index (κ1) is 12.9. The summed E-state index contributed by atoms with van der Waals surface area (Å²) in [5.41, 5.74) is 0.576. The van der Waals surface area contributed by atoms with Crippen LogP contribution in [0.25, 0.3) is 0 Å². The Morgan fingerprint density at radius 2 is 2.40 bits per heavy atom. The zero-order valence-electron chi connectivity index (χ0n) is 11.0. The molecular formula is C13H15N3O4. The van der Waals surface area contributed by atoms with Gasteiger partial charge in [0.15, 0.2) is 0 Å². The quantitative estimate of drug-likeness (QED) is 0.824. The number of carbonyl (C=O) groups is 1. The number of hydrogen-bond donors (Lipinski definition) is 1. The van der Waals surface area contributed by atoms with Crippen molar-refractivity contribution in [2.24, 2.45) is 5.92 Å². The van der Waals surface area contributed by atoms with E-state index in [1.54, 1.807) is 23.0 Å². The lowest BCUT2D eigenvalue weighted by Crippen LogP contribution is -2.01. The van der Waals surface area contributed by atoms with E-state index in [2.05, 4.69) is 15.0 Å². The summed E-state index contributed by atoms with van der Waals surface area (Å²) in [6, 6.07) is 3.24. The molecule has 0 radical (unpaired) electrons. The standard InChI is InChI=1S/C13H15N3O4/c1-19-13(18)11-5-4-9(20-11)6-16-7-10(14-15-16)12(17)8-2-3-8/h4-5,7-8,12,17H,2-3,6H2,1H3/t12-/m0/s1. The minimum absolute atomic E-state index is 0.154. The van der Waals surface area contributed by atoms with E-state index in [9.17, 15) is 9.90 Å². The number of carbonyl (C=O) groups excluding carboxylic acids is 1. The van der Waals surface area contributed by atoms with Gasteiger partial charge in [-0.3, -0.25) is 0 Å². The molecule has 0 aliphatic heterocycles. The van der Waals surface area contributed by atoms with Gasteiger partial charge < -0.3 is 14.3 Å². The van der Waals surface area contributed by atoms with Crippen LogP contribution in [0.15, 0.2) is 22.7 Å². The molecule has 1 aliphatic carbocycles. The van der Waals surface area contributed by atoms with Gasteiger partial charge in [0.25, 0.3) is 0 Å². The van der Waals surface area contributed by atoms with E-state index in [4.69, 9.17) is 4.42 Å². The highest BCUT2D eigenvalue weighted by molar-refractivity contribution is 5.86. The van der Waals surface area contributed by atoms with E-state index < -0.39 is 12.1 Å². The zero-order chi connectivity index (χ0) is 14.1. The van der Waals surface area contributed by atoms with Crippen LogP contribution in [0, 0.1) is 5.92 Å². The van der Waals surface area contributed by atoms with Crippen molar-refractivity contribution in [2.45, 2.75) is 25.5 Å². The number of ether oxygens (including phenoxy) is 1. The average Bonchev–Trinajstić information content (AvgIpc) is 3.03. The van der Waals surface area contributed by atoms with Crippen LogP contribution >= 0.6 is 0 Å². The van der Waals surface area contributed by atoms with E-state index >= 15 is 0 Å². The van der Waals surface area contributed by atoms with Crippen LogP contribution in [0.4, 0.5) is 0 Å². The third-order valence-electron chi connectivity index (χ3n) is 3.29. The van der Waals surface area contributed by atoms with Crippen LogP contribution in [0.5, 0.6) is 0 Å². The summed E-state index contributed by atoms with van der Waals surface area (Å²) in [6.45, 7) is 0.349. The second-order valence-electron chi connectivity index (χ2n) is 4.88. The second kappa shape index (κ2) is 5.09. The predicted octanol–water partition coefficient (Wildman–Crippen LogP) is 1.15. The highest BCUT2D eigenvalue weighted by Gasteiger charge is 2.32. The van der Waals surface area contributed by atoms with Gasteiger partial charge in [-0.25, -0.2) is 9.48 Å². The Morgan fingerprint density at radius 1 is 1.60 bits per heavy atom. The molecule has 2 heterocycles. The van der Waals surface area contributed by atoms with Crippen LogP contribution in [0.2, 0.25) is 0 Å². The Balaban J connectivity index is 1.68. The lowest BCUT2D eigenvalue weighted by Gasteiger charge is -2.02. The summed E-state index contributed by atoms with van der Waals surface area (Å²) in [5.74, 6) is 0.526. The molecule has 1 fully saturated rings. The molecular weight excluding hydrogens is 262 g/mol. The van der Waals surface area contributed by atoms with Gasteiger partial charge in [0.05, 0.1) is 13.3 Å². The van der Waals surface area contributed by atoms with Gasteiger partial charge in [-0.05, 0) is 30.9 Å². The third-order valence-corrected chi connectivity index (χ3v) is 3.29. The lowest BCUT2D eigenvalue weighted by molar-refractivity contribution is 0.0562. The topological polar surface area (TPSA) is 90.4 Å². The molecule has 20 heavy (non-hydrogen) atoms. The van der Waals surface area contributed by atoms with E-state index in [0.29, 0.717) is 23.9 Å². The Hall–Kier alpha value is -2.15. The Bertz CT molecular complexity index is 615. The van der Waals surface area contributed by atoms with Crippen LogP contribution in [0.1, 0.15) is 41.0 Å². The number of hydrogen-bond acceptors (Lipinski definition) is 6. The first-order valence-electron chi connectivity index (χ1n) is 6.42. The van der Waals surface area contributed by atoms with Crippen molar-refractivity contribution < 1.29 is 19.1 Å². The fraction of sp³-hybridized carbons (Fsp3) is 0.462. The molecule has 2 aromatic rings. The normalized spacial score (nSPS) is 16.1. The number of furan rings is 1. The van der Waals surface area contributed by atoms with Gasteiger partial charge in [-0.2, -0.15) is 0 Å². The number of aromatic nitrogens is 3. The number of rotatable bonds is 5. The molecule has 0 saturated heterocycles. The molecule has 0 bridgehead atoms. The average molecular weight is 277 g/mol. The molecule has 1 atom stereocenters. The molecule has 3 rings (SSSR count). The van der Waals surface area contributed by atoms with Crippen molar-refractivity contribution in [1.82, 2.24) is 15.0 Å². The SMILES string of the molecule is COC(=O)c1ccc(Cn2cc([C@@H](O)C3CC3)nn2)o1. The van der Waals surface area contributed by atoms with Crippen molar-refractivity contribution in [3.63, 3.8) is 0 Å². The molecule has 0 spiro atoms. The Kier molecular flexibility index (Phi) is 3.27. The van der Waals surface area contributed by atoms with E-state index in [0.717, 1.165) is 12.8 Å². The summed E-state index contributed by atoms with van der Waals surface area (Å²) < 4.78 is 11.5. The number of aliphatic hydroxyl groups is 1. The van der Waals surface area contributed by atoms with Crippen LogP contribution < -0.4 is 0 Å². The zero-order valence-corrected chi connectivity index (χ0v) is 11.0. The van der Waals surface area contributed by atoms with Crippen molar-refractivity contribution in [3.05, 3.63) is 35.5 Å². The summed E-state index contributed by atoms with van der Waals surface area (Å²) in [5, 5.41) is 17.9. The van der Waals surface area contributed by atoms with Gasteiger partial charge in [0.2, 0.25) is 5.76 Å². The van der Waals surface area contributed by atoms with E-state index in [-0.39, 0.29) is 5.76 Å². The van der Waals surface area contributed by atoms with Crippen molar-refractivity contribution in [3.8, 4) is 0 Å². The lowest BCUT2D eigenvalue weighted by atomic mass is 10.2. The van der Waals surface area contributed by atoms with Crippen LogP contribution in [0.3, 0.4) is 0 Å². The summed E-state index contributed by atoms with van der Waals surface area (Å²) in [6.07, 6.45) is 3.23. The number of aliphatic hydroxyl groups excluding tert-OH is 1. The predicted molar refractivity (Wildman–Crippen MR) is 66.9 cm³/mol. The molecule has 1 aliphatic rings. The molecule has 0 aromatic carbocycles. The molecule has 1 saturated carbocycles. The molecule has 7 nitrogen and oxygen atoms in total. The summed E-state index contributed by atoms with van der Waals surface area (Å²) in [7, 11) is 1.30. The molecule has 0 unspecified atom stereocenters. The molecule has 7 heteroatoms. The first-order valence-corrected chi connectivity index (χ1v) is 6.42. The van der Waals surface area contributed by atoms with Gasteiger partial charge in [-0.15, -0.1) is 5.10 Å². The van der Waals surface area contributed by atoms with Gasteiger partial charge in [0.1, 0.15) is 24.1 Å². The highest BCUT2D eigenvalue weighted by atomic mass is 16.5.